The van der Waals surface area contributed by atoms with Crippen LogP contribution in [0.1, 0.15) is 32.1 Å². The summed E-state index contributed by atoms with van der Waals surface area (Å²) in [7, 11) is 0. The number of hydrogen-bond donors (Lipinski definition) is 3. The minimum atomic E-state index is 0.0605. The van der Waals surface area contributed by atoms with Gasteiger partial charge in [-0.2, -0.15) is 0 Å². The van der Waals surface area contributed by atoms with Gasteiger partial charge in [0, 0.05) is 24.7 Å². The molecule has 0 radical (unpaired) electrons. The molecule has 2 aliphatic rings. The van der Waals surface area contributed by atoms with E-state index in [4.69, 9.17) is 0 Å². The Morgan fingerprint density at radius 2 is 1.92 bits per heavy atom. The average molecular weight is 184 g/mol. The van der Waals surface area contributed by atoms with Crippen molar-refractivity contribution in [3.05, 3.63) is 0 Å². The molecule has 1 heterocycles. The van der Waals surface area contributed by atoms with Crippen LogP contribution < -0.4 is 10.6 Å². The fourth-order valence-electron chi connectivity index (χ4n) is 2.40. The highest BCUT2D eigenvalue weighted by Crippen LogP contribution is 2.28. The van der Waals surface area contributed by atoms with Crippen molar-refractivity contribution >= 4 is 0 Å². The zero-order valence-corrected chi connectivity index (χ0v) is 8.18. The van der Waals surface area contributed by atoms with Gasteiger partial charge in [-0.15, -0.1) is 0 Å². The minimum absolute atomic E-state index is 0.0605. The number of hydrogen-bond acceptors (Lipinski definition) is 3. The molecule has 2 rings (SSSR count). The second kappa shape index (κ2) is 3.95. The van der Waals surface area contributed by atoms with Crippen molar-refractivity contribution in [1.82, 2.24) is 10.6 Å². The van der Waals surface area contributed by atoms with Gasteiger partial charge in [0.15, 0.2) is 0 Å². The van der Waals surface area contributed by atoms with Crippen LogP contribution in [0.4, 0.5) is 0 Å². The van der Waals surface area contributed by atoms with Crippen molar-refractivity contribution in [1.29, 1.82) is 0 Å². The van der Waals surface area contributed by atoms with E-state index < -0.39 is 0 Å². The monoisotopic (exact) mass is 184 g/mol. The number of rotatable bonds is 3. The van der Waals surface area contributed by atoms with Gasteiger partial charge in [0.25, 0.3) is 0 Å². The van der Waals surface area contributed by atoms with Crippen LogP contribution in [-0.4, -0.2) is 36.4 Å². The van der Waals surface area contributed by atoms with Crippen molar-refractivity contribution in [3.63, 3.8) is 0 Å². The predicted octanol–water partition coefficient (Wildman–Crippen LogP) is 0.243. The molecule has 13 heavy (non-hydrogen) atoms. The van der Waals surface area contributed by atoms with Crippen LogP contribution in [0.5, 0.6) is 0 Å². The standard InChI is InChI=1S/C10H20N2O/c13-8-10(4-2-1-3-5-10)12-9-6-11-7-9/h9,11-13H,1-8H2. The van der Waals surface area contributed by atoms with Gasteiger partial charge in [-0.25, -0.2) is 0 Å². The zero-order valence-electron chi connectivity index (χ0n) is 8.18. The van der Waals surface area contributed by atoms with Crippen LogP contribution in [0.25, 0.3) is 0 Å². The van der Waals surface area contributed by atoms with E-state index in [2.05, 4.69) is 10.6 Å². The summed E-state index contributed by atoms with van der Waals surface area (Å²) in [6, 6.07) is 0.602. The Balaban J connectivity index is 1.88. The molecule has 0 atom stereocenters. The Hall–Kier alpha value is -0.120. The normalized spacial score (nSPS) is 28.4. The van der Waals surface area contributed by atoms with Crippen molar-refractivity contribution in [2.45, 2.75) is 43.7 Å². The second-order valence-corrected chi connectivity index (χ2v) is 4.50. The highest BCUT2D eigenvalue weighted by Gasteiger charge is 2.34. The lowest BCUT2D eigenvalue weighted by molar-refractivity contribution is 0.0986. The van der Waals surface area contributed by atoms with Crippen LogP contribution >= 0.6 is 0 Å². The maximum absolute atomic E-state index is 9.43. The summed E-state index contributed by atoms with van der Waals surface area (Å²) in [6.07, 6.45) is 6.19. The van der Waals surface area contributed by atoms with Crippen molar-refractivity contribution in [2.75, 3.05) is 19.7 Å². The third-order valence-corrected chi connectivity index (χ3v) is 3.41. The molecule has 1 aliphatic carbocycles. The van der Waals surface area contributed by atoms with E-state index in [0.717, 1.165) is 25.9 Å². The van der Waals surface area contributed by atoms with Crippen LogP contribution in [0, 0.1) is 0 Å². The molecule has 76 valence electrons. The fourth-order valence-corrected chi connectivity index (χ4v) is 2.40. The van der Waals surface area contributed by atoms with Crippen LogP contribution in [0.2, 0.25) is 0 Å². The molecule has 1 saturated heterocycles. The molecule has 3 N–H and O–H groups in total. The summed E-state index contributed by atoms with van der Waals surface area (Å²) in [4.78, 5) is 0. The Morgan fingerprint density at radius 3 is 2.38 bits per heavy atom. The van der Waals surface area contributed by atoms with Gasteiger partial charge in [0.2, 0.25) is 0 Å². The molecule has 0 bridgehead atoms. The molecular weight excluding hydrogens is 164 g/mol. The molecule has 0 aromatic carbocycles. The number of aliphatic hydroxyl groups is 1. The van der Waals surface area contributed by atoms with Gasteiger partial charge in [-0.1, -0.05) is 19.3 Å². The van der Waals surface area contributed by atoms with E-state index in [1.165, 1.54) is 19.3 Å². The lowest BCUT2D eigenvalue weighted by atomic mass is 9.81. The minimum Gasteiger partial charge on any atom is -0.394 e. The summed E-state index contributed by atoms with van der Waals surface area (Å²) >= 11 is 0. The molecule has 0 aromatic heterocycles. The summed E-state index contributed by atoms with van der Waals surface area (Å²) in [5.41, 5.74) is 0.0605. The molecule has 1 saturated carbocycles. The molecule has 0 spiro atoms. The highest BCUT2D eigenvalue weighted by molar-refractivity contribution is 4.96. The Morgan fingerprint density at radius 1 is 1.23 bits per heavy atom. The Kier molecular flexibility index (Phi) is 2.86. The van der Waals surface area contributed by atoms with E-state index in [0.29, 0.717) is 12.6 Å². The predicted molar refractivity (Wildman–Crippen MR) is 52.7 cm³/mol. The molecule has 3 heteroatoms. The first kappa shape index (κ1) is 9.44. The van der Waals surface area contributed by atoms with Gasteiger partial charge in [-0.05, 0) is 12.8 Å². The highest BCUT2D eigenvalue weighted by atomic mass is 16.3. The SMILES string of the molecule is OCC1(NC2CNC2)CCCCC1. The fraction of sp³-hybridized carbons (Fsp3) is 1.00. The average Bonchev–Trinajstić information content (AvgIpc) is 2.13. The zero-order chi connectivity index (χ0) is 9.15. The third-order valence-electron chi connectivity index (χ3n) is 3.41. The first-order valence-corrected chi connectivity index (χ1v) is 5.44. The molecular formula is C10H20N2O. The van der Waals surface area contributed by atoms with E-state index >= 15 is 0 Å². The first-order chi connectivity index (χ1) is 6.35. The molecule has 0 unspecified atom stereocenters. The van der Waals surface area contributed by atoms with Crippen molar-refractivity contribution in [2.24, 2.45) is 0 Å². The number of aliphatic hydroxyl groups excluding tert-OH is 1. The van der Waals surface area contributed by atoms with Gasteiger partial charge >= 0.3 is 0 Å². The summed E-state index contributed by atoms with van der Waals surface area (Å²) in [5.74, 6) is 0. The number of nitrogens with one attached hydrogen (secondary N) is 2. The molecule has 0 aromatic rings. The van der Waals surface area contributed by atoms with Crippen LogP contribution in [-0.2, 0) is 0 Å². The summed E-state index contributed by atoms with van der Waals surface area (Å²) < 4.78 is 0. The van der Waals surface area contributed by atoms with Gasteiger partial charge in [0.1, 0.15) is 0 Å². The summed E-state index contributed by atoms with van der Waals surface area (Å²) in [5, 5.41) is 16.3. The maximum atomic E-state index is 9.43. The smallest absolute Gasteiger partial charge is 0.0613 e. The third kappa shape index (κ3) is 2.03. The molecule has 1 aliphatic heterocycles. The van der Waals surface area contributed by atoms with Gasteiger partial charge in [0.05, 0.1) is 6.61 Å². The van der Waals surface area contributed by atoms with Crippen molar-refractivity contribution < 1.29 is 5.11 Å². The largest absolute Gasteiger partial charge is 0.394 e. The van der Waals surface area contributed by atoms with Gasteiger partial charge < -0.3 is 15.7 Å². The van der Waals surface area contributed by atoms with E-state index in [9.17, 15) is 5.11 Å². The topological polar surface area (TPSA) is 44.3 Å². The molecule has 3 nitrogen and oxygen atoms in total. The Labute approximate surface area is 79.9 Å². The van der Waals surface area contributed by atoms with Crippen molar-refractivity contribution in [3.8, 4) is 0 Å². The Bertz CT molecular complexity index is 162. The first-order valence-electron chi connectivity index (χ1n) is 5.44. The van der Waals surface area contributed by atoms with Crippen LogP contribution in [0.15, 0.2) is 0 Å². The van der Waals surface area contributed by atoms with Crippen LogP contribution in [0.3, 0.4) is 0 Å². The molecule has 2 fully saturated rings. The lowest BCUT2D eigenvalue weighted by Crippen LogP contribution is -2.64. The van der Waals surface area contributed by atoms with E-state index in [1.54, 1.807) is 0 Å². The van der Waals surface area contributed by atoms with E-state index in [1.807, 2.05) is 0 Å². The quantitative estimate of drug-likeness (QED) is 0.589. The molecule has 0 amide bonds. The lowest BCUT2D eigenvalue weighted by Gasteiger charge is -2.42. The summed E-state index contributed by atoms with van der Waals surface area (Å²) in [6.45, 7) is 2.45. The van der Waals surface area contributed by atoms with Gasteiger partial charge in [-0.3, -0.25) is 0 Å². The van der Waals surface area contributed by atoms with E-state index in [-0.39, 0.29) is 5.54 Å². The second-order valence-electron chi connectivity index (χ2n) is 4.50. The maximum Gasteiger partial charge on any atom is 0.0613 e.